The third-order valence-electron chi connectivity index (χ3n) is 8.05. The van der Waals surface area contributed by atoms with Gasteiger partial charge in [-0.2, -0.15) is 4.98 Å². The van der Waals surface area contributed by atoms with E-state index in [1.165, 1.54) is 17.8 Å². The van der Waals surface area contributed by atoms with Gasteiger partial charge in [-0.05, 0) is 89.1 Å². The predicted octanol–water partition coefficient (Wildman–Crippen LogP) is 5.16. The smallest absolute Gasteiger partial charge is 0.256 e. The quantitative estimate of drug-likeness (QED) is 0.267. The van der Waals surface area contributed by atoms with Crippen LogP contribution in [0.1, 0.15) is 54.7 Å². The zero-order valence-electron chi connectivity index (χ0n) is 23.8. The first-order chi connectivity index (χ1) is 20.2. The molecule has 1 amide bonds. The van der Waals surface area contributed by atoms with Crippen molar-refractivity contribution in [3.05, 3.63) is 78.0 Å². The molecule has 3 aromatic heterocycles. The van der Waals surface area contributed by atoms with Crippen molar-refractivity contribution < 1.29 is 14.3 Å². The summed E-state index contributed by atoms with van der Waals surface area (Å²) in [6, 6.07) is 14.0. The van der Waals surface area contributed by atoms with Gasteiger partial charge in [0.05, 0.1) is 12.2 Å². The van der Waals surface area contributed by atoms with Crippen LogP contribution in [0.15, 0.2) is 66.8 Å². The number of carbonyl (C=O) groups excluding carboxylic acids is 1. The van der Waals surface area contributed by atoms with Crippen molar-refractivity contribution in [1.29, 1.82) is 0 Å². The first-order valence-corrected chi connectivity index (χ1v) is 14.3. The molecule has 4 aromatic rings. The van der Waals surface area contributed by atoms with Crippen LogP contribution in [0.3, 0.4) is 0 Å². The van der Waals surface area contributed by atoms with Gasteiger partial charge in [-0.15, -0.1) is 0 Å². The lowest BCUT2D eigenvalue weighted by Crippen LogP contribution is -2.31. The van der Waals surface area contributed by atoms with E-state index in [9.17, 15) is 14.3 Å². The van der Waals surface area contributed by atoms with Crippen LogP contribution in [0, 0.1) is 0 Å². The summed E-state index contributed by atoms with van der Waals surface area (Å²) in [7, 11) is 2.17. The zero-order valence-corrected chi connectivity index (χ0v) is 23.8. The number of hydrogen-bond acceptors (Lipinski definition) is 8. The number of carbonyl (C=O) groups is 1. The van der Waals surface area contributed by atoms with E-state index in [-0.39, 0.29) is 36.7 Å². The van der Waals surface area contributed by atoms with Crippen LogP contribution < -0.4 is 16.0 Å². The number of allylic oxidation sites excluding steroid dienone is 1. The summed E-state index contributed by atoms with van der Waals surface area (Å²) >= 11 is 0. The molecule has 11 heteroatoms. The molecule has 5 heterocycles. The highest BCUT2D eigenvalue weighted by Gasteiger charge is 2.25. The maximum absolute atomic E-state index is 14.4. The minimum Gasteiger partial charge on any atom is -0.384 e. The largest absolute Gasteiger partial charge is 0.384 e. The molecule has 0 radical (unpaired) electrons. The average Bonchev–Trinajstić information content (AvgIpc) is 3.39. The predicted molar refractivity (Wildman–Crippen MR) is 161 cm³/mol. The van der Waals surface area contributed by atoms with Crippen LogP contribution in [0.5, 0.6) is 0 Å². The second-order valence-electron chi connectivity index (χ2n) is 11.3. The molecular weight excluding hydrogens is 535 g/mol. The number of nitrogens with one attached hydrogen (secondary N) is 3. The molecule has 42 heavy (non-hydrogen) atoms. The Balaban J connectivity index is 1.29. The standard InChI is InChI=1S/C31H35FN8O2/c1-31(42)13-4-5-21(32)18-33-29(41)24-19-34-30(38-28(24)37-27-7-3-6-26(31)36-27)35-22-8-9-25-20(17-22)10-16-40(25)23-11-14-39(2)15-12-23/h3,5-10,16-17,19,23,42H,4,11-15,18H2,1-2H3,(H,33,41)(H2,34,35,36,37,38)/b21-5+/t31-/m1/s1. The highest BCUT2D eigenvalue weighted by atomic mass is 19.1. The van der Waals surface area contributed by atoms with E-state index in [0.717, 1.165) is 37.0 Å². The number of anilines is 4. The summed E-state index contributed by atoms with van der Waals surface area (Å²) in [5.41, 5.74) is 1.28. The normalized spacial score (nSPS) is 21.9. The van der Waals surface area contributed by atoms with E-state index in [2.05, 4.69) is 71.8 Å². The number of hydrogen-bond donors (Lipinski definition) is 4. The van der Waals surface area contributed by atoms with Gasteiger partial charge in [-0.25, -0.2) is 14.4 Å². The molecule has 0 saturated carbocycles. The Kier molecular flexibility index (Phi) is 7.61. The molecule has 0 aliphatic carbocycles. The minimum atomic E-state index is -1.27. The molecule has 4 N–H and O–H groups in total. The number of likely N-dealkylation sites (tertiary alicyclic amines) is 1. The van der Waals surface area contributed by atoms with Crippen molar-refractivity contribution in [2.45, 2.75) is 44.2 Å². The molecule has 2 bridgehead atoms. The molecule has 0 spiro atoms. The molecule has 6 rings (SSSR count). The summed E-state index contributed by atoms with van der Waals surface area (Å²) in [5.74, 6) is -0.137. The van der Waals surface area contributed by atoms with Crippen LogP contribution in [-0.2, 0) is 5.60 Å². The van der Waals surface area contributed by atoms with Gasteiger partial charge in [0.25, 0.3) is 5.91 Å². The molecule has 1 fully saturated rings. The van der Waals surface area contributed by atoms with E-state index in [4.69, 9.17) is 0 Å². The summed E-state index contributed by atoms with van der Waals surface area (Å²) in [6.07, 6.45) is 7.73. The lowest BCUT2D eigenvalue weighted by atomic mass is 9.95. The fraction of sp³-hybridized carbons (Fsp3) is 0.355. The summed E-state index contributed by atoms with van der Waals surface area (Å²) in [4.78, 5) is 28.9. The van der Waals surface area contributed by atoms with E-state index in [1.54, 1.807) is 25.1 Å². The van der Waals surface area contributed by atoms with Crippen LogP contribution in [0.2, 0.25) is 0 Å². The second-order valence-corrected chi connectivity index (χ2v) is 11.3. The van der Waals surface area contributed by atoms with Crippen LogP contribution in [0.4, 0.5) is 27.7 Å². The second kappa shape index (κ2) is 11.5. The van der Waals surface area contributed by atoms with Gasteiger partial charge in [0, 0.05) is 35.0 Å². The lowest BCUT2D eigenvalue weighted by molar-refractivity contribution is 0.0443. The van der Waals surface area contributed by atoms with Gasteiger partial charge in [0.2, 0.25) is 5.95 Å². The summed E-state index contributed by atoms with van der Waals surface area (Å²) in [6.45, 7) is 3.56. The molecule has 218 valence electrons. The highest BCUT2D eigenvalue weighted by Crippen LogP contribution is 2.31. The monoisotopic (exact) mass is 570 g/mol. The number of aliphatic hydroxyl groups is 1. The molecule has 10 nitrogen and oxygen atoms in total. The Labute approximate surface area is 243 Å². The highest BCUT2D eigenvalue weighted by molar-refractivity contribution is 5.99. The number of benzene rings is 1. The maximum atomic E-state index is 14.4. The van der Waals surface area contributed by atoms with Gasteiger partial charge in [-0.1, -0.05) is 12.1 Å². The number of halogens is 1. The first kappa shape index (κ1) is 27.8. The van der Waals surface area contributed by atoms with Crippen molar-refractivity contribution in [2.75, 3.05) is 37.3 Å². The average molecular weight is 571 g/mol. The van der Waals surface area contributed by atoms with Crippen molar-refractivity contribution in [3.8, 4) is 0 Å². The number of pyridine rings is 1. The van der Waals surface area contributed by atoms with E-state index in [0.29, 0.717) is 17.6 Å². The fourth-order valence-corrected chi connectivity index (χ4v) is 5.56. The molecule has 2 aliphatic heterocycles. The number of amides is 1. The minimum absolute atomic E-state index is 0.134. The van der Waals surface area contributed by atoms with Gasteiger partial charge >= 0.3 is 0 Å². The third kappa shape index (κ3) is 5.97. The number of aromatic nitrogens is 4. The number of piperidine rings is 1. The van der Waals surface area contributed by atoms with Crippen LogP contribution in [-0.4, -0.2) is 62.1 Å². The Bertz CT molecular complexity index is 1640. The molecule has 1 atom stereocenters. The van der Waals surface area contributed by atoms with Crippen LogP contribution >= 0.6 is 0 Å². The Morgan fingerprint density at radius 2 is 1.98 bits per heavy atom. The lowest BCUT2D eigenvalue weighted by Gasteiger charge is -2.30. The van der Waals surface area contributed by atoms with Crippen LogP contribution in [0.25, 0.3) is 10.9 Å². The van der Waals surface area contributed by atoms with E-state index >= 15 is 0 Å². The Morgan fingerprint density at radius 3 is 2.81 bits per heavy atom. The van der Waals surface area contributed by atoms with Crippen molar-refractivity contribution in [1.82, 2.24) is 29.7 Å². The maximum Gasteiger partial charge on any atom is 0.256 e. The number of nitrogens with zero attached hydrogens (tertiary/aromatic N) is 5. The van der Waals surface area contributed by atoms with Gasteiger partial charge in [0.15, 0.2) is 0 Å². The topological polar surface area (TPSA) is 120 Å². The SMILES string of the molecule is CN1CCC(n2ccc3cc(Nc4ncc5c(n4)Nc4cccc(n4)[C@](C)(O)CC/C=C(/F)CNC5=O)ccc32)CC1. The third-order valence-corrected chi connectivity index (χ3v) is 8.05. The van der Waals surface area contributed by atoms with E-state index < -0.39 is 17.3 Å². The number of rotatable bonds is 3. The molecule has 1 aromatic carbocycles. The van der Waals surface area contributed by atoms with Gasteiger partial charge in [-0.3, -0.25) is 4.79 Å². The summed E-state index contributed by atoms with van der Waals surface area (Å²) < 4.78 is 16.8. The van der Waals surface area contributed by atoms with Crippen molar-refractivity contribution in [3.63, 3.8) is 0 Å². The zero-order chi connectivity index (χ0) is 29.3. The summed E-state index contributed by atoms with van der Waals surface area (Å²) in [5, 5.41) is 21.0. The Hall–Kier alpha value is -4.35. The molecular formula is C31H35FN8O2. The molecule has 1 saturated heterocycles. The molecule has 2 aliphatic rings. The van der Waals surface area contributed by atoms with Crippen molar-refractivity contribution in [2.24, 2.45) is 0 Å². The van der Waals surface area contributed by atoms with E-state index in [1.807, 2.05) is 6.07 Å². The fourth-order valence-electron chi connectivity index (χ4n) is 5.56. The van der Waals surface area contributed by atoms with Crippen molar-refractivity contribution >= 4 is 40.1 Å². The van der Waals surface area contributed by atoms with Gasteiger partial charge < -0.3 is 30.5 Å². The Morgan fingerprint density at radius 1 is 1.14 bits per heavy atom. The molecule has 0 unspecified atom stereocenters. The number of fused-ring (bicyclic) bond motifs is 4. The van der Waals surface area contributed by atoms with Gasteiger partial charge in [0.1, 0.15) is 28.6 Å². The first-order valence-electron chi connectivity index (χ1n) is 14.3.